The van der Waals surface area contributed by atoms with Gasteiger partial charge in [-0.05, 0) is 43.7 Å². The number of hydrogen-bond donors (Lipinski definition) is 0. The van der Waals surface area contributed by atoms with E-state index in [0.717, 1.165) is 22.7 Å². The summed E-state index contributed by atoms with van der Waals surface area (Å²) in [6.45, 7) is 4.68. The van der Waals surface area contributed by atoms with Crippen molar-refractivity contribution in [2.75, 3.05) is 6.61 Å². The maximum absolute atomic E-state index is 5.40. The molecule has 18 heavy (non-hydrogen) atoms. The van der Waals surface area contributed by atoms with Gasteiger partial charge in [0.05, 0.1) is 12.3 Å². The van der Waals surface area contributed by atoms with Crippen LogP contribution in [0.1, 0.15) is 19.4 Å². The Bertz CT molecular complexity index is 515. The molecule has 0 saturated carbocycles. The summed E-state index contributed by atoms with van der Waals surface area (Å²) >= 11 is 0. The highest BCUT2D eigenvalue weighted by atomic mass is 16.5. The molecule has 0 N–H and O–H groups in total. The van der Waals surface area contributed by atoms with E-state index in [2.05, 4.69) is 17.1 Å². The van der Waals surface area contributed by atoms with Crippen molar-refractivity contribution in [2.24, 2.45) is 4.99 Å². The second-order valence-electron chi connectivity index (χ2n) is 3.99. The lowest BCUT2D eigenvalue weighted by Gasteiger charge is -2.04. The highest BCUT2D eigenvalue weighted by Gasteiger charge is 1.97. The highest BCUT2D eigenvalue weighted by Crippen LogP contribution is 2.19. The van der Waals surface area contributed by atoms with Gasteiger partial charge in [-0.2, -0.15) is 0 Å². The molecule has 0 spiro atoms. The first-order valence-corrected chi connectivity index (χ1v) is 6.13. The lowest BCUT2D eigenvalue weighted by Crippen LogP contribution is -1.93. The summed E-state index contributed by atoms with van der Waals surface area (Å²) in [5.74, 6) is 0.883. The Balaban J connectivity index is 2.17. The van der Waals surface area contributed by atoms with Crippen LogP contribution < -0.4 is 4.74 Å². The van der Waals surface area contributed by atoms with Crippen molar-refractivity contribution in [3.8, 4) is 5.75 Å². The molecular formula is C16H17NO. The molecule has 0 heterocycles. The van der Waals surface area contributed by atoms with Gasteiger partial charge in [0.25, 0.3) is 0 Å². The van der Waals surface area contributed by atoms with Crippen LogP contribution in [-0.2, 0) is 0 Å². The molecule has 2 aromatic carbocycles. The molecule has 0 amide bonds. The lowest BCUT2D eigenvalue weighted by molar-refractivity contribution is 0.340. The first-order valence-electron chi connectivity index (χ1n) is 6.13. The Labute approximate surface area is 108 Å². The van der Waals surface area contributed by atoms with E-state index in [9.17, 15) is 0 Å². The molecule has 0 aliphatic carbocycles. The number of ether oxygens (including phenoxy) is 1. The fourth-order valence-corrected chi connectivity index (χ4v) is 1.72. The molecule has 0 atom stereocenters. The molecule has 0 fully saturated rings. The summed E-state index contributed by atoms with van der Waals surface area (Å²) in [4.78, 5) is 4.59. The standard InChI is InChI=1S/C16H17NO/c1-3-18-16-11-9-15(10-12-16)17-13(2)14-7-5-4-6-8-14/h4-12H,3H2,1-2H3. The third-order valence-electron chi connectivity index (χ3n) is 2.64. The molecule has 0 aliphatic rings. The molecule has 0 aromatic heterocycles. The van der Waals surface area contributed by atoms with Gasteiger partial charge in [-0.25, -0.2) is 0 Å². The van der Waals surface area contributed by atoms with E-state index in [1.165, 1.54) is 0 Å². The molecule has 2 aromatic rings. The minimum Gasteiger partial charge on any atom is -0.494 e. The van der Waals surface area contributed by atoms with Crippen molar-refractivity contribution in [3.63, 3.8) is 0 Å². The molecule has 0 radical (unpaired) electrons. The molecule has 0 unspecified atom stereocenters. The van der Waals surface area contributed by atoms with Gasteiger partial charge >= 0.3 is 0 Å². The van der Waals surface area contributed by atoms with Gasteiger partial charge in [-0.1, -0.05) is 30.3 Å². The molecule has 92 valence electrons. The molecule has 2 nitrogen and oxygen atoms in total. The van der Waals surface area contributed by atoms with Crippen LogP contribution in [-0.4, -0.2) is 12.3 Å². The number of rotatable bonds is 4. The van der Waals surface area contributed by atoms with Crippen LogP contribution in [0.15, 0.2) is 59.6 Å². The third-order valence-corrected chi connectivity index (χ3v) is 2.64. The van der Waals surface area contributed by atoms with Gasteiger partial charge in [-0.15, -0.1) is 0 Å². The van der Waals surface area contributed by atoms with Crippen molar-refractivity contribution in [2.45, 2.75) is 13.8 Å². The van der Waals surface area contributed by atoms with E-state index in [1.807, 2.05) is 56.3 Å². The monoisotopic (exact) mass is 239 g/mol. The van der Waals surface area contributed by atoms with Crippen LogP contribution in [0.25, 0.3) is 0 Å². The van der Waals surface area contributed by atoms with E-state index >= 15 is 0 Å². The molecule has 2 heteroatoms. The van der Waals surface area contributed by atoms with Gasteiger partial charge in [0.15, 0.2) is 0 Å². The average Bonchev–Trinajstić information content (AvgIpc) is 2.42. The predicted molar refractivity (Wildman–Crippen MR) is 75.9 cm³/mol. The van der Waals surface area contributed by atoms with Gasteiger partial charge in [0.2, 0.25) is 0 Å². The number of benzene rings is 2. The Hall–Kier alpha value is -2.09. The van der Waals surface area contributed by atoms with Crippen LogP contribution in [0.5, 0.6) is 5.75 Å². The maximum atomic E-state index is 5.40. The first-order chi connectivity index (χ1) is 8.79. The Morgan fingerprint density at radius 2 is 1.67 bits per heavy atom. The molecular weight excluding hydrogens is 222 g/mol. The average molecular weight is 239 g/mol. The normalized spacial score (nSPS) is 11.3. The number of hydrogen-bond acceptors (Lipinski definition) is 2. The summed E-state index contributed by atoms with van der Waals surface area (Å²) in [5.41, 5.74) is 3.10. The van der Waals surface area contributed by atoms with Crippen molar-refractivity contribution in [3.05, 3.63) is 60.2 Å². The fraction of sp³-hybridized carbons (Fsp3) is 0.188. The molecule has 2 rings (SSSR count). The van der Waals surface area contributed by atoms with Crippen molar-refractivity contribution >= 4 is 11.4 Å². The maximum Gasteiger partial charge on any atom is 0.119 e. The van der Waals surface area contributed by atoms with Crippen LogP contribution in [0.3, 0.4) is 0 Å². The second-order valence-corrected chi connectivity index (χ2v) is 3.99. The fourth-order valence-electron chi connectivity index (χ4n) is 1.72. The Morgan fingerprint density at radius 1 is 1.00 bits per heavy atom. The number of aliphatic imine (C=N–C) groups is 1. The van der Waals surface area contributed by atoms with Gasteiger partial charge in [0.1, 0.15) is 5.75 Å². The van der Waals surface area contributed by atoms with Crippen molar-refractivity contribution in [1.29, 1.82) is 0 Å². The Kier molecular flexibility index (Phi) is 4.13. The van der Waals surface area contributed by atoms with Crippen LogP contribution in [0.4, 0.5) is 5.69 Å². The van der Waals surface area contributed by atoms with Crippen molar-refractivity contribution in [1.82, 2.24) is 0 Å². The second kappa shape index (κ2) is 6.01. The smallest absolute Gasteiger partial charge is 0.119 e. The number of nitrogens with zero attached hydrogens (tertiary/aromatic N) is 1. The van der Waals surface area contributed by atoms with E-state index < -0.39 is 0 Å². The van der Waals surface area contributed by atoms with Gasteiger partial charge in [0, 0.05) is 5.71 Å². The van der Waals surface area contributed by atoms with E-state index in [0.29, 0.717) is 6.61 Å². The topological polar surface area (TPSA) is 21.6 Å². The zero-order chi connectivity index (χ0) is 12.8. The van der Waals surface area contributed by atoms with Crippen molar-refractivity contribution < 1.29 is 4.74 Å². The van der Waals surface area contributed by atoms with Crippen LogP contribution in [0.2, 0.25) is 0 Å². The van der Waals surface area contributed by atoms with Crippen LogP contribution in [0, 0.1) is 0 Å². The lowest BCUT2D eigenvalue weighted by atomic mass is 10.1. The van der Waals surface area contributed by atoms with Gasteiger partial charge in [-0.3, -0.25) is 4.99 Å². The van der Waals surface area contributed by atoms with E-state index in [-0.39, 0.29) is 0 Å². The summed E-state index contributed by atoms with van der Waals surface area (Å²) in [7, 11) is 0. The summed E-state index contributed by atoms with van der Waals surface area (Å²) in [6, 6.07) is 18.0. The van der Waals surface area contributed by atoms with Crippen LogP contribution >= 0.6 is 0 Å². The largest absolute Gasteiger partial charge is 0.494 e. The third kappa shape index (κ3) is 3.20. The van der Waals surface area contributed by atoms with E-state index in [1.54, 1.807) is 0 Å². The molecule has 0 saturated heterocycles. The zero-order valence-electron chi connectivity index (χ0n) is 10.8. The van der Waals surface area contributed by atoms with Gasteiger partial charge < -0.3 is 4.74 Å². The summed E-state index contributed by atoms with van der Waals surface area (Å²) in [6.07, 6.45) is 0. The van der Waals surface area contributed by atoms with E-state index in [4.69, 9.17) is 4.74 Å². The Morgan fingerprint density at radius 3 is 2.28 bits per heavy atom. The zero-order valence-corrected chi connectivity index (χ0v) is 10.8. The predicted octanol–water partition coefficient (Wildman–Crippen LogP) is 4.23. The molecule has 0 bridgehead atoms. The summed E-state index contributed by atoms with van der Waals surface area (Å²) in [5, 5.41) is 0. The summed E-state index contributed by atoms with van der Waals surface area (Å²) < 4.78 is 5.40. The molecule has 0 aliphatic heterocycles. The first kappa shape index (κ1) is 12.4. The minimum atomic E-state index is 0.686. The quantitative estimate of drug-likeness (QED) is 0.732. The highest BCUT2D eigenvalue weighted by molar-refractivity contribution is 6.00. The SMILES string of the molecule is CCOc1ccc(N=C(C)c2ccccc2)cc1. The minimum absolute atomic E-state index is 0.686.